The summed E-state index contributed by atoms with van der Waals surface area (Å²) in [7, 11) is 1.19. The third kappa shape index (κ3) is 4.31. The Kier molecular flexibility index (Phi) is 6.00. The highest BCUT2D eigenvalue weighted by Gasteiger charge is 2.36. The van der Waals surface area contributed by atoms with Crippen molar-refractivity contribution in [1.29, 1.82) is 0 Å². The molecule has 3 unspecified atom stereocenters. The number of halogens is 4. The molecule has 2 aromatic carbocycles. The summed E-state index contributed by atoms with van der Waals surface area (Å²) in [5.41, 5.74) is -0.751. The lowest BCUT2D eigenvalue weighted by Gasteiger charge is -2.22. The summed E-state index contributed by atoms with van der Waals surface area (Å²) in [6.45, 7) is 0. The van der Waals surface area contributed by atoms with Crippen molar-refractivity contribution in [3.63, 3.8) is 0 Å². The van der Waals surface area contributed by atoms with Crippen molar-refractivity contribution in [2.45, 2.75) is 18.4 Å². The topological polar surface area (TPSA) is 55.4 Å². The van der Waals surface area contributed by atoms with Gasteiger partial charge < -0.3 is 10.1 Å². The van der Waals surface area contributed by atoms with Crippen LogP contribution in [0.5, 0.6) is 0 Å². The van der Waals surface area contributed by atoms with Crippen LogP contribution in [0.25, 0.3) is 0 Å². The van der Waals surface area contributed by atoms with Crippen LogP contribution in [0.2, 0.25) is 0 Å². The summed E-state index contributed by atoms with van der Waals surface area (Å²) < 4.78 is 59.6. The Morgan fingerprint density at radius 3 is 2.31 bits per heavy atom. The second-order valence-electron chi connectivity index (χ2n) is 6.63. The van der Waals surface area contributed by atoms with Gasteiger partial charge >= 0.3 is 5.97 Å². The maximum Gasteiger partial charge on any atom is 0.313 e. The summed E-state index contributed by atoms with van der Waals surface area (Å²) >= 11 is 0. The van der Waals surface area contributed by atoms with Crippen LogP contribution >= 0.6 is 0 Å². The third-order valence-corrected chi connectivity index (χ3v) is 4.79. The highest BCUT2D eigenvalue weighted by molar-refractivity contribution is 5.95. The molecule has 29 heavy (non-hydrogen) atoms. The summed E-state index contributed by atoms with van der Waals surface area (Å²) in [5.74, 6) is -7.51. The van der Waals surface area contributed by atoms with Crippen molar-refractivity contribution in [2.75, 3.05) is 7.11 Å². The molecular weight excluding hydrogens is 390 g/mol. The van der Waals surface area contributed by atoms with Crippen LogP contribution in [0.1, 0.15) is 28.3 Å². The first-order valence-electron chi connectivity index (χ1n) is 8.77. The number of hydrogen-bond acceptors (Lipinski definition) is 3. The van der Waals surface area contributed by atoms with E-state index in [4.69, 9.17) is 4.74 Å². The number of esters is 1. The average Bonchev–Trinajstić information content (AvgIpc) is 3.10. The van der Waals surface area contributed by atoms with Gasteiger partial charge in [0.2, 0.25) is 0 Å². The van der Waals surface area contributed by atoms with Gasteiger partial charge in [0, 0.05) is 23.7 Å². The van der Waals surface area contributed by atoms with Crippen molar-refractivity contribution in [2.24, 2.45) is 5.92 Å². The number of nitrogens with one attached hydrogen (secondary N) is 1. The number of carbonyl (C=O) groups is 2. The van der Waals surface area contributed by atoms with Crippen molar-refractivity contribution < 1.29 is 31.9 Å². The molecule has 1 N–H and O–H groups in total. The highest BCUT2D eigenvalue weighted by Crippen LogP contribution is 2.35. The Morgan fingerprint density at radius 2 is 1.69 bits per heavy atom. The number of allylic oxidation sites excluding steroid dienone is 1. The van der Waals surface area contributed by atoms with Crippen LogP contribution < -0.4 is 5.32 Å². The summed E-state index contributed by atoms with van der Waals surface area (Å²) in [6.07, 6.45) is 3.36. The fourth-order valence-electron chi connectivity index (χ4n) is 3.47. The van der Waals surface area contributed by atoms with Crippen molar-refractivity contribution in [3.05, 3.63) is 82.9 Å². The van der Waals surface area contributed by atoms with E-state index in [1.54, 1.807) is 18.2 Å². The van der Waals surface area contributed by atoms with E-state index in [1.165, 1.54) is 25.3 Å². The first kappa shape index (κ1) is 20.6. The molecule has 1 aliphatic carbocycles. The molecule has 0 spiro atoms. The largest absolute Gasteiger partial charge is 0.469 e. The van der Waals surface area contributed by atoms with Gasteiger partial charge in [-0.1, -0.05) is 30.4 Å². The maximum absolute atomic E-state index is 14.2. The Labute approximate surface area is 164 Å². The summed E-state index contributed by atoms with van der Waals surface area (Å²) in [5, 5.41) is 2.43. The minimum atomic E-state index is -1.32. The van der Waals surface area contributed by atoms with E-state index in [9.17, 15) is 27.2 Å². The van der Waals surface area contributed by atoms with Gasteiger partial charge in [-0.05, 0) is 18.4 Å². The third-order valence-electron chi connectivity index (χ3n) is 4.79. The van der Waals surface area contributed by atoms with Gasteiger partial charge in [0.05, 0.1) is 13.0 Å². The molecule has 0 bridgehead atoms. The first-order valence-corrected chi connectivity index (χ1v) is 8.77. The van der Waals surface area contributed by atoms with Gasteiger partial charge in [-0.25, -0.2) is 17.6 Å². The van der Waals surface area contributed by atoms with Crippen LogP contribution in [-0.4, -0.2) is 25.0 Å². The molecule has 4 nitrogen and oxygen atoms in total. The number of hydrogen-bond donors (Lipinski definition) is 1. The normalized spacial score (nSPS) is 19.1. The van der Waals surface area contributed by atoms with Crippen molar-refractivity contribution in [3.8, 4) is 0 Å². The van der Waals surface area contributed by atoms with E-state index in [-0.39, 0.29) is 12.0 Å². The van der Waals surface area contributed by atoms with Gasteiger partial charge in [-0.3, -0.25) is 9.59 Å². The molecule has 0 aromatic heterocycles. The van der Waals surface area contributed by atoms with E-state index < -0.39 is 58.6 Å². The molecule has 152 valence electrons. The molecule has 1 aliphatic rings. The monoisotopic (exact) mass is 407 g/mol. The van der Waals surface area contributed by atoms with Crippen LogP contribution in [-0.2, 0) is 9.53 Å². The predicted molar refractivity (Wildman–Crippen MR) is 96.0 cm³/mol. The standard InChI is InChI=1S/C21H17F4NO3/c1-29-21(28)18(14-4-2-3-5-15(14)23)11-6-7-13(8-11)26-20(27)19-16(24)9-12(22)10-17(19)25/h2-7,9-11,13,18H,8H2,1H3,(H,26,27). The van der Waals surface area contributed by atoms with E-state index >= 15 is 0 Å². The fraction of sp³-hybridized carbons (Fsp3) is 0.238. The Hall–Kier alpha value is -3.16. The minimum absolute atomic E-state index is 0.150. The molecular formula is C21H17F4NO3. The van der Waals surface area contributed by atoms with E-state index in [2.05, 4.69) is 5.32 Å². The van der Waals surface area contributed by atoms with Crippen molar-refractivity contribution >= 4 is 11.9 Å². The molecule has 0 radical (unpaired) electrons. The second-order valence-corrected chi connectivity index (χ2v) is 6.63. The maximum atomic E-state index is 14.2. The lowest BCUT2D eigenvalue weighted by Crippen LogP contribution is -2.35. The lowest BCUT2D eigenvalue weighted by molar-refractivity contribution is -0.143. The molecule has 8 heteroatoms. The van der Waals surface area contributed by atoms with E-state index in [0.29, 0.717) is 12.1 Å². The molecule has 3 atom stereocenters. The lowest BCUT2D eigenvalue weighted by atomic mass is 9.85. The van der Waals surface area contributed by atoms with Gasteiger partial charge in [0.25, 0.3) is 5.91 Å². The van der Waals surface area contributed by atoms with E-state index in [1.807, 2.05) is 0 Å². The number of ether oxygens (including phenoxy) is 1. The van der Waals surface area contributed by atoms with Crippen LogP contribution in [0, 0.1) is 29.2 Å². The smallest absolute Gasteiger partial charge is 0.313 e. The number of carbonyl (C=O) groups excluding carboxylic acids is 2. The zero-order chi connectivity index (χ0) is 21.1. The molecule has 0 fully saturated rings. The van der Waals surface area contributed by atoms with E-state index in [0.717, 1.165) is 0 Å². The molecule has 0 heterocycles. The Balaban J connectivity index is 1.77. The summed E-state index contributed by atoms with van der Waals surface area (Å²) in [6, 6.07) is 5.95. The number of benzene rings is 2. The molecule has 2 aromatic rings. The van der Waals surface area contributed by atoms with Crippen molar-refractivity contribution in [1.82, 2.24) is 5.32 Å². The van der Waals surface area contributed by atoms with Crippen LogP contribution in [0.3, 0.4) is 0 Å². The Morgan fingerprint density at radius 1 is 1.03 bits per heavy atom. The number of rotatable bonds is 5. The average molecular weight is 407 g/mol. The number of methoxy groups -OCH3 is 1. The number of amides is 1. The van der Waals surface area contributed by atoms with Gasteiger partial charge in [0.15, 0.2) is 0 Å². The second kappa shape index (κ2) is 8.46. The quantitative estimate of drug-likeness (QED) is 0.465. The Bertz CT molecular complexity index is 953. The molecule has 0 saturated heterocycles. The van der Waals surface area contributed by atoms with Gasteiger partial charge in [-0.2, -0.15) is 0 Å². The molecule has 3 rings (SSSR count). The predicted octanol–water partition coefficient (Wildman–Crippen LogP) is 3.87. The molecule has 1 amide bonds. The molecule has 0 saturated carbocycles. The SMILES string of the molecule is COC(=O)C(c1ccccc1F)C1C=CC(NC(=O)c2c(F)cc(F)cc2F)C1. The zero-order valence-corrected chi connectivity index (χ0v) is 15.3. The highest BCUT2D eigenvalue weighted by atomic mass is 19.1. The van der Waals surface area contributed by atoms with Crippen LogP contribution in [0.4, 0.5) is 17.6 Å². The zero-order valence-electron chi connectivity index (χ0n) is 15.3. The first-order chi connectivity index (χ1) is 13.8. The van der Waals surface area contributed by atoms with Crippen LogP contribution in [0.15, 0.2) is 48.6 Å². The minimum Gasteiger partial charge on any atom is -0.469 e. The fourth-order valence-corrected chi connectivity index (χ4v) is 3.47. The van der Waals surface area contributed by atoms with Gasteiger partial charge in [0.1, 0.15) is 28.8 Å². The van der Waals surface area contributed by atoms with Gasteiger partial charge in [-0.15, -0.1) is 0 Å². The molecule has 0 aliphatic heterocycles. The summed E-state index contributed by atoms with van der Waals surface area (Å²) in [4.78, 5) is 24.5.